The number of methoxy groups -OCH3 is 2. The van der Waals surface area contributed by atoms with Crippen LogP contribution in [0.25, 0.3) is 0 Å². The number of ether oxygens (including phenoxy) is 6. The number of nitrogens with one attached hydrogen (secondary N) is 1. The molecule has 3 aromatic carbocycles. The van der Waals surface area contributed by atoms with Crippen LogP contribution in [0.1, 0.15) is 115 Å². The number of aryl methyl sites for hydroxylation is 1. The molecule has 450 valence electrons. The van der Waals surface area contributed by atoms with E-state index in [9.17, 15) is 43.2 Å². The highest BCUT2D eigenvalue weighted by molar-refractivity contribution is 6.38. The fourth-order valence-corrected chi connectivity index (χ4v) is 10.0. The average Bonchev–Trinajstić information content (AvgIpc) is 4.25. The Kier molecular flexibility index (Phi) is 22.4. The second-order valence-electron chi connectivity index (χ2n) is 22.9. The van der Waals surface area contributed by atoms with Gasteiger partial charge < -0.3 is 58.2 Å². The number of hydrogen-bond donors (Lipinski definition) is 1. The Hall–Kier alpha value is -7.81. The molecule has 21 heteroatoms. The Bertz CT molecular complexity index is 2850. The number of cyclic esters (lactones) is 2. The van der Waals surface area contributed by atoms with Crippen molar-refractivity contribution in [2.24, 2.45) is 5.41 Å². The summed E-state index contributed by atoms with van der Waals surface area (Å²) in [6.45, 7) is 9.17. The summed E-state index contributed by atoms with van der Waals surface area (Å²) in [5, 5.41) is 2.83. The van der Waals surface area contributed by atoms with E-state index >= 15 is 0 Å². The van der Waals surface area contributed by atoms with Crippen LogP contribution in [0.4, 0.5) is 0 Å². The lowest BCUT2D eigenvalue weighted by molar-refractivity contribution is -0.165. The molecule has 6 atom stereocenters. The SMILES string of the molecule is COc1ccc(CC[C@H]2OC(=O)[C@@H]3CCCCN3C(=O)C(=O)C(C)(C)COC(=O)/C=C\CCN(C)C(=O)[C@@H]3CCCN3C(=O)[C@H](COC(C)(C)C)N(C)C(=O)C(c3ccccc3)NC(=O)[C@H](C)N(C)C(=O)COc3cccc2c3)cc1OC. The summed E-state index contributed by atoms with van der Waals surface area (Å²) in [6.07, 6.45) is 4.79. The quantitative estimate of drug-likeness (QED) is 0.214. The summed E-state index contributed by atoms with van der Waals surface area (Å²) in [4.78, 5) is 134. The van der Waals surface area contributed by atoms with Crippen molar-refractivity contribution in [2.45, 2.75) is 135 Å². The third-order valence-corrected chi connectivity index (χ3v) is 15.3. The molecule has 0 saturated carbocycles. The van der Waals surface area contributed by atoms with Crippen LogP contribution in [0.5, 0.6) is 17.2 Å². The summed E-state index contributed by atoms with van der Waals surface area (Å²) in [7, 11) is 7.52. The van der Waals surface area contributed by atoms with Crippen LogP contribution in [0.15, 0.2) is 84.9 Å². The number of amides is 6. The Morgan fingerprint density at radius 3 is 2.10 bits per heavy atom. The maximum absolute atomic E-state index is 14.9. The van der Waals surface area contributed by atoms with Crippen molar-refractivity contribution in [1.82, 2.24) is 29.8 Å². The van der Waals surface area contributed by atoms with Crippen molar-refractivity contribution < 1.29 is 71.6 Å². The van der Waals surface area contributed by atoms with E-state index in [1.165, 1.54) is 85.7 Å². The molecule has 3 aliphatic heterocycles. The normalized spacial score (nSPS) is 24.2. The smallest absolute Gasteiger partial charge is 0.330 e. The van der Waals surface area contributed by atoms with Gasteiger partial charge in [0.25, 0.3) is 11.8 Å². The van der Waals surface area contributed by atoms with E-state index in [-0.39, 0.29) is 57.2 Å². The molecule has 0 spiro atoms. The minimum absolute atomic E-state index is 0.105. The predicted molar refractivity (Wildman–Crippen MR) is 306 cm³/mol. The van der Waals surface area contributed by atoms with Gasteiger partial charge in [0.15, 0.2) is 18.1 Å². The fraction of sp³-hybridized carbons (Fsp3) is 0.532. The molecule has 1 N–H and O–H groups in total. The molecule has 2 bridgehead atoms. The van der Waals surface area contributed by atoms with Gasteiger partial charge in [0.1, 0.15) is 48.7 Å². The molecule has 6 rings (SSSR count). The largest absolute Gasteiger partial charge is 0.493 e. The molecule has 0 radical (unpaired) electrons. The van der Waals surface area contributed by atoms with Gasteiger partial charge in [-0.25, -0.2) is 9.59 Å². The summed E-state index contributed by atoms with van der Waals surface area (Å²) >= 11 is 0. The number of carbonyl (C=O) groups excluding carboxylic acids is 9. The Labute approximate surface area is 486 Å². The summed E-state index contributed by atoms with van der Waals surface area (Å²) in [5.74, 6) is -4.84. The molecule has 2 fully saturated rings. The van der Waals surface area contributed by atoms with Gasteiger partial charge in [-0.05, 0) is 134 Å². The lowest BCUT2D eigenvalue weighted by atomic mass is 9.87. The van der Waals surface area contributed by atoms with Crippen LogP contribution in [0.2, 0.25) is 0 Å². The first-order valence-corrected chi connectivity index (χ1v) is 28.3. The number of ketones is 1. The number of Topliss-reactive ketones (excluding diaryl/α,β-unsaturated/α-hetero) is 1. The van der Waals surface area contributed by atoms with Gasteiger partial charge in [0.2, 0.25) is 29.4 Å². The van der Waals surface area contributed by atoms with E-state index in [2.05, 4.69) is 5.32 Å². The van der Waals surface area contributed by atoms with E-state index in [0.29, 0.717) is 54.7 Å². The van der Waals surface area contributed by atoms with E-state index < -0.39 is 108 Å². The van der Waals surface area contributed by atoms with Crippen molar-refractivity contribution in [1.29, 1.82) is 0 Å². The van der Waals surface area contributed by atoms with Crippen molar-refractivity contribution >= 4 is 53.2 Å². The summed E-state index contributed by atoms with van der Waals surface area (Å²) < 4.78 is 35.0. The molecule has 1 unspecified atom stereocenters. The topological polar surface area (TPSA) is 237 Å². The Balaban J connectivity index is 1.32. The molecule has 3 aromatic rings. The number of hydrogen-bond acceptors (Lipinski definition) is 15. The van der Waals surface area contributed by atoms with Crippen LogP contribution < -0.4 is 19.5 Å². The third-order valence-electron chi connectivity index (χ3n) is 15.3. The zero-order chi connectivity index (χ0) is 60.8. The van der Waals surface area contributed by atoms with Crippen molar-refractivity contribution in [3.05, 3.63) is 102 Å². The number of likely N-dealkylation sites (N-methyl/N-ethyl adjacent to an activating group) is 3. The average molecular weight is 1150 g/mol. The second-order valence-corrected chi connectivity index (χ2v) is 22.9. The van der Waals surface area contributed by atoms with E-state index in [0.717, 1.165) is 5.56 Å². The van der Waals surface area contributed by atoms with Gasteiger partial charge in [0, 0.05) is 46.9 Å². The molecule has 21 nitrogen and oxygen atoms in total. The summed E-state index contributed by atoms with van der Waals surface area (Å²) in [6, 6.07) is 14.9. The Morgan fingerprint density at radius 1 is 0.711 bits per heavy atom. The van der Waals surface area contributed by atoms with Crippen LogP contribution in [-0.2, 0) is 63.8 Å². The molecule has 2 saturated heterocycles. The lowest BCUT2D eigenvalue weighted by Crippen LogP contribution is -2.58. The number of nitrogens with zero attached hydrogens (tertiary/aromatic N) is 5. The number of carbonyl (C=O) groups is 9. The monoisotopic (exact) mass is 1150 g/mol. The minimum Gasteiger partial charge on any atom is -0.493 e. The number of esters is 2. The molecule has 3 heterocycles. The van der Waals surface area contributed by atoms with Crippen molar-refractivity contribution in [3.63, 3.8) is 0 Å². The van der Waals surface area contributed by atoms with E-state index in [1.807, 2.05) is 32.9 Å². The molecule has 83 heavy (non-hydrogen) atoms. The molecule has 0 aliphatic carbocycles. The van der Waals surface area contributed by atoms with Crippen LogP contribution in [0.3, 0.4) is 0 Å². The summed E-state index contributed by atoms with van der Waals surface area (Å²) in [5.41, 5.74) is -0.492. The molecular formula is C62H82N6O15. The van der Waals surface area contributed by atoms with E-state index in [1.54, 1.807) is 67.7 Å². The predicted octanol–water partition coefficient (Wildman–Crippen LogP) is 5.58. The first kappa shape index (κ1) is 64.4. The number of benzene rings is 3. The van der Waals surface area contributed by atoms with Crippen molar-refractivity contribution in [3.8, 4) is 17.2 Å². The standard InChI is InChI=1S/C62H82N6O15/c1-40-55(72)63-53(42-21-13-12-14-22-42)58(75)66(9)47(37-82-61(2,3)4)57(74)67-34-20-26-45(67)56(73)64(7)32-17-16-27-52(70)81-39-62(5,6)54(71)59(76)68-33-18-15-25-46(68)60(77)83-48(30-28-41-29-31-49(78-10)50(35-41)79-11)43-23-19-24-44(36-43)80-38-51(69)65(40)8/h12-14,16,19,21-24,27,29,31,35-36,40,45-48,53H,15,17-18,20,25-26,28,30,32-34,37-39H2,1-11H3,(H,63,72)/b27-16-/t40-,45-,46-,47-,48+,53?/m0/s1. The third kappa shape index (κ3) is 16.9. The van der Waals surface area contributed by atoms with E-state index in [4.69, 9.17) is 28.4 Å². The van der Waals surface area contributed by atoms with Gasteiger partial charge in [-0.2, -0.15) is 0 Å². The fourth-order valence-electron chi connectivity index (χ4n) is 10.0. The maximum atomic E-state index is 14.9. The maximum Gasteiger partial charge on any atom is 0.330 e. The van der Waals surface area contributed by atoms with Crippen molar-refractivity contribution in [2.75, 3.05) is 74.8 Å². The highest BCUT2D eigenvalue weighted by atomic mass is 16.5. The van der Waals surface area contributed by atoms with Gasteiger partial charge >= 0.3 is 11.9 Å². The highest BCUT2D eigenvalue weighted by Crippen LogP contribution is 2.33. The molecular weight excluding hydrogens is 1070 g/mol. The zero-order valence-electron chi connectivity index (χ0n) is 49.8. The Morgan fingerprint density at radius 2 is 1.40 bits per heavy atom. The number of rotatable bonds is 8. The van der Waals surface area contributed by atoms with Crippen LogP contribution >= 0.6 is 0 Å². The van der Waals surface area contributed by atoms with Gasteiger partial charge in [0.05, 0.1) is 31.8 Å². The van der Waals surface area contributed by atoms with Gasteiger partial charge in [-0.3, -0.25) is 33.6 Å². The van der Waals surface area contributed by atoms with Gasteiger partial charge in [-0.1, -0.05) is 54.6 Å². The minimum atomic E-state index is -1.49. The first-order chi connectivity index (χ1) is 39.3. The lowest BCUT2D eigenvalue weighted by Gasteiger charge is -2.37. The highest BCUT2D eigenvalue weighted by Gasteiger charge is 2.44. The number of piperidine rings is 1. The molecule has 3 aliphatic rings. The zero-order valence-corrected chi connectivity index (χ0v) is 49.8. The van der Waals surface area contributed by atoms with Gasteiger partial charge in [-0.15, -0.1) is 0 Å². The van der Waals surface area contributed by atoms with Crippen LogP contribution in [0, 0.1) is 5.41 Å². The molecule has 6 amide bonds. The second kappa shape index (κ2) is 28.9. The first-order valence-electron chi connectivity index (χ1n) is 28.3. The van der Waals surface area contributed by atoms with Crippen LogP contribution in [-0.4, -0.2) is 182 Å². The molecule has 0 aromatic heterocycles. The number of fused-ring (bicyclic) bond motifs is 4.